The first kappa shape index (κ1) is 14.8. The van der Waals surface area contributed by atoms with Crippen LogP contribution in [0.4, 0.5) is 0 Å². The Morgan fingerprint density at radius 2 is 1.64 bits per heavy atom. The molecule has 0 N–H and O–H groups in total. The standard InChI is InChI=1S/C20H23NO/c1-15-8-9-19(14-16(15)2)20(22)21-12-10-18(11-13-21)17-6-4-3-5-7-17/h3-9,14,18H,10-13H2,1-2H3. The van der Waals surface area contributed by atoms with Gasteiger partial charge < -0.3 is 4.90 Å². The minimum Gasteiger partial charge on any atom is -0.339 e. The van der Waals surface area contributed by atoms with Crippen molar-refractivity contribution in [1.29, 1.82) is 0 Å². The summed E-state index contributed by atoms with van der Waals surface area (Å²) in [6.45, 7) is 5.85. The summed E-state index contributed by atoms with van der Waals surface area (Å²) in [7, 11) is 0. The highest BCUT2D eigenvalue weighted by molar-refractivity contribution is 5.94. The zero-order valence-electron chi connectivity index (χ0n) is 13.4. The van der Waals surface area contributed by atoms with E-state index in [9.17, 15) is 4.79 Å². The molecule has 0 unspecified atom stereocenters. The van der Waals surface area contributed by atoms with Crippen molar-refractivity contribution in [3.05, 3.63) is 70.8 Å². The molecule has 0 spiro atoms. The van der Waals surface area contributed by atoms with E-state index in [0.29, 0.717) is 5.92 Å². The average molecular weight is 293 g/mol. The van der Waals surface area contributed by atoms with Crippen LogP contribution in [0.5, 0.6) is 0 Å². The first-order valence-electron chi connectivity index (χ1n) is 8.06. The molecule has 1 amide bonds. The predicted octanol–water partition coefficient (Wildman–Crippen LogP) is 4.32. The number of carbonyl (C=O) groups excluding carboxylic acids is 1. The molecule has 2 aromatic carbocycles. The smallest absolute Gasteiger partial charge is 0.253 e. The fourth-order valence-electron chi connectivity index (χ4n) is 3.20. The van der Waals surface area contributed by atoms with Gasteiger partial charge in [0, 0.05) is 18.7 Å². The molecule has 1 saturated heterocycles. The number of rotatable bonds is 2. The van der Waals surface area contributed by atoms with Crippen molar-refractivity contribution < 1.29 is 4.79 Å². The number of aryl methyl sites for hydroxylation is 2. The van der Waals surface area contributed by atoms with Crippen LogP contribution in [0.1, 0.15) is 45.8 Å². The average Bonchev–Trinajstić information content (AvgIpc) is 2.58. The number of piperidine rings is 1. The molecule has 1 aliphatic heterocycles. The van der Waals surface area contributed by atoms with Crippen LogP contribution < -0.4 is 0 Å². The fourth-order valence-corrected chi connectivity index (χ4v) is 3.20. The molecule has 0 radical (unpaired) electrons. The van der Waals surface area contributed by atoms with Crippen molar-refractivity contribution in [2.24, 2.45) is 0 Å². The summed E-state index contributed by atoms with van der Waals surface area (Å²) in [5.74, 6) is 0.764. The van der Waals surface area contributed by atoms with Gasteiger partial charge in [0.15, 0.2) is 0 Å². The minimum absolute atomic E-state index is 0.176. The Labute approximate surface area is 132 Å². The lowest BCUT2D eigenvalue weighted by Crippen LogP contribution is -2.37. The molecule has 2 nitrogen and oxygen atoms in total. The summed E-state index contributed by atoms with van der Waals surface area (Å²) < 4.78 is 0. The van der Waals surface area contributed by atoms with Gasteiger partial charge in [0.05, 0.1) is 0 Å². The Hall–Kier alpha value is -2.09. The predicted molar refractivity (Wildman–Crippen MR) is 90.2 cm³/mol. The molecule has 2 heteroatoms. The number of hydrogen-bond donors (Lipinski definition) is 0. The van der Waals surface area contributed by atoms with Gasteiger partial charge in [-0.05, 0) is 61.4 Å². The third-order valence-electron chi connectivity index (χ3n) is 4.81. The highest BCUT2D eigenvalue weighted by atomic mass is 16.2. The Morgan fingerprint density at radius 3 is 2.27 bits per heavy atom. The van der Waals surface area contributed by atoms with E-state index in [1.54, 1.807) is 0 Å². The molecule has 1 fully saturated rings. The first-order chi connectivity index (χ1) is 10.6. The largest absolute Gasteiger partial charge is 0.339 e. The molecule has 0 saturated carbocycles. The lowest BCUT2D eigenvalue weighted by molar-refractivity contribution is 0.0713. The van der Waals surface area contributed by atoms with Crippen LogP contribution in [-0.4, -0.2) is 23.9 Å². The second-order valence-electron chi connectivity index (χ2n) is 6.28. The molecule has 0 aliphatic carbocycles. The van der Waals surface area contributed by atoms with Crippen LogP contribution in [0.15, 0.2) is 48.5 Å². The summed E-state index contributed by atoms with van der Waals surface area (Å²) in [5, 5.41) is 0. The summed E-state index contributed by atoms with van der Waals surface area (Å²) in [6.07, 6.45) is 2.11. The Bertz CT molecular complexity index is 655. The highest BCUT2D eigenvalue weighted by Crippen LogP contribution is 2.28. The highest BCUT2D eigenvalue weighted by Gasteiger charge is 2.24. The maximum absolute atomic E-state index is 12.6. The van der Waals surface area contributed by atoms with Crippen molar-refractivity contribution in [1.82, 2.24) is 4.90 Å². The van der Waals surface area contributed by atoms with E-state index in [1.807, 2.05) is 23.1 Å². The second-order valence-corrected chi connectivity index (χ2v) is 6.28. The summed E-state index contributed by atoms with van der Waals surface area (Å²) >= 11 is 0. The zero-order valence-corrected chi connectivity index (χ0v) is 13.4. The van der Waals surface area contributed by atoms with Crippen LogP contribution in [0.3, 0.4) is 0 Å². The van der Waals surface area contributed by atoms with Gasteiger partial charge in [0.1, 0.15) is 0 Å². The van der Waals surface area contributed by atoms with Crippen molar-refractivity contribution >= 4 is 5.91 Å². The lowest BCUT2D eigenvalue weighted by atomic mass is 9.89. The number of likely N-dealkylation sites (tertiary alicyclic amines) is 1. The molecule has 1 heterocycles. The monoisotopic (exact) mass is 293 g/mol. The van der Waals surface area contributed by atoms with E-state index < -0.39 is 0 Å². The van der Waals surface area contributed by atoms with Gasteiger partial charge >= 0.3 is 0 Å². The van der Waals surface area contributed by atoms with Gasteiger partial charge in [0.25, 0.3) is 5.91 Å². The molecule has 0 aromatic heterocycles. The van der Waals surface area contributed by atoms with Crippen molar-refractivity contribution in [3.63, 3.8) is 0 Å². The van der Waals surface area contributed by atoms with Gasteiger partial charge in [-0.25, -0.2) is 0 Å². The number of carbonyl (C=O) groups is 1. The minimum atomic E-state index is 0.176. The molecule has 114 valence electrons. The number of nitrogens with zero attached hydrogens (tertiary/aromatic N) is 1. The summed E-state index contributed by atoms with van der Waals surface area (Å²) in [6, 6.07) is 16.7. The van der Waals surface area contributed by atoms with Crippen LogP contribution in [0, 0.1) is 13.8 Å². The van der Waals surface area contributed by atoms with E-state index in [2.05, 4.69) is 44.2 Å². The van der Waals surface area contributed by atoms with Crippen LogP contribution >= 0.6 is 0 Å². The van der Waals surface area contributed by atoms with Gasteiger partial charge in [-0.15, -0.1) is 0 Å². The van der Waals surface area contributed by atoms with Gasteiger partial charge in [0.2, 0.25) is 0 Å². The van der Waals surface area contributed by atoms with E-state index in [0.717, 1.165) is 31.5 Å². The van der Waals surface area contributed by atoms with Crippen molar-refractivity contribution in [3.8, 4) is 0 Å². The van der Waals surface area contributed by atoms with Crippen molar-refractivity contribution in [2.45, 2.75) is 32.6 Å². The number of amides is 1. The lowest BCUT2D eigenvalue weighted by Gasteiger charge is -2.32. The maximum Gasteiger partial charge on any atom is 0.253 e. The molecule has 2 aromatic rings. The van der Waals surface area contributed by atoms with E-state index in [1.165, 1.54) is 16.7 Å². The van der Waals surface area contributed by atoms with Gasteiger partial charge in [-0.1, -0.05) is 36.4 Å². The molecular formula is C20H23NO. The summed E-state index contributed by atoms with van der Waals surface area (Å²) in [4.78, 5) is 14.6. The maximum atomic E-state index is 12.6. The SMILES string of the molecule is Cc1ccc(C(=O)N2CCC(c3ccccc3)CC2)cc1C. The molecular weight excluding hydrogens is 270 g/mol. The van der Waals surface area contributed by atoms with E-state index in [-0.39, 0.29) is 5.91 Å². The number of hydrogen-bond acceptors (Lipinski definition) is 1. The van der Waals surface area contributed by atoms with E-state index >= 15 is 0 Å². The molecule has 3 rings (SSSR count). The molecule has 0 atom stereocenters. The van der Waals surface area contributed by atoms with Crippen LogP contribution in [0.25, 0.3) is 0 Å². The second kappa shape index (κ2) is 6.35. The first-order valence-corrected chi connectivity index (χ1v) is 8.06. The third-order valence-corrected chi connectivity index (χ3v) is 4.81. The Morgan fingerprint density at radius 1 is 0.955 bits per heavy atom. The van der Waals surface area contributed by atoms with Crippen LogP contribution in [0.2, 0.25) is 0 Å². The molecule has 22 heavy (non-hydrogen) atoms. The molecule has 0 bridgehead atoms. The Balaban J connectivity index is 1.66. The van der Waals surface area contributed by atoms with Gasteiger partial charge in [-0.2, -0.15) is 0 Å². The Kier molecular flexibility index (Phi) is 4.28. The third kappa shape index (κ3) is 3.06. The van der Waals surface area contributed by atoms with Crippen molar-refractivity contribution in [2.75, 3.05) is 13.1 Å². The number of benzene rings is 2. The zero-order chi connectivity index (χ0) is 15.5. The summed E-state index contributed by atoms with van der Waals surface area (Å²) in [5.41, 5.74) is 4.64. The quantitative estimate of drug-likeness (QED) is 0.807. The topological polar surface area (TPSA) is 20.3 Å². The molecule has 1 aliphatic rings. The van der Waals surface area contributed by atoms with Gasteiger partial charge in [-0.3, -0.25) is 4.79 Å². The normalized spacial score (nSPS) is 15.8. The fraction of sp³-hybridized carbons (Fsp3) is 0.350. The van der Waals surface area contributed by atoms with E-state index in [4.69, 9.17) is 0 Å². The van der Waals surface area contributed by atoms with Crippen LogP contribution in [-0.2, 0) is 0 Å².